The summed E-state index contributed by atoms with van der Waals surface area (Å²) in [5, 5.41) is 0.845. The predicted molar refractivity (Wildman–Crippen MR) is 50.9 cm³/mol. The van der Waals surface area contributed by atoms with Gasteiger partial charge in [-0.25, -0.2) is 8.78 Å². The Balaban J connectivity index is 3.07. The van der Waals surface area contributed by atoms with Crippen LogP contribution in [0.15, 0.2) is 18.2 Å². The molecule has 0 radical (unpaired) electrons. The average molecular weight is 325 g/mol. The molecule has 2 nitrogen and oxygen atoms in total. The minimum Gasteiger partial charge on any atom is -0.318 e. The molecular formula is C10H4F9NO. The molecule has 11 heteroatoms. The molecule has 0 saturated carbocycles. The van der Waals surface area contributed by atoms with Gasteiger partial charge < -0.3 is 5.32 Å². The van der Waals surface area contributed by atoms with E-state index >= 15 is 0 Å². The van der Waals surface area contributed by atoms with Crippen LogP contribution in [0, 0.1) is 11.6 Å². The minimum atomic E-state index is -6.70. The Morgan fingerprint density at radius 2 is 1.48 bits per heavy atom. The smallest absolute Gasteiger partial charge is 0.318 e. The Morgan fingerprint density at radius 1 is 0.952 bits per heavy atom. The molecule has 0 saturated heterocycles. The first-order valence-electron chi connectivity index (χ1n) is 4.89. The first-order valence-corrected chi connectivity index (χ1v) is 4.89. The molecule has 1 aromatic rings. The first-order chi connectivity index (χ1) is 9.30. The Hall–Kier alpha value is -1.94. The number of hydrogen-bond donors (Lipinski definition) is 1. The summed E-state index contributed by atoms with van der Waals surface area (Å²) in [6, 6.07) is 0.957. The summed E-state index contributed by atoms with van der Waals surface area (Å²) in [6.07, 6.45) is -6.70. The van der Waals surface area contributed by atoms with Crippen LogP contribution in [0.5, 0.6) is 0 Å². The highest BCUT2D eigenvalue weighted by atomic mass is 19.4. The van der Waals surface area contributed by atoms with Gasteiger partial charge in [0.15, 0.2) is 0 Å². The van der Waals surface area contributed by atoms with Crippen molar-refractivity contribution in [3.63, 3.8) is 0 Å². The van der Waals surface area contributed by atoms with Crippen LogP contribution in [-0.2, 0) is 4.79 Å². The minimum absolute atomic E-state index is 0.107. The van der Waals surface area contributed by atoms with Crippen molar-refractivity contribution in [2.45, 2.75) is 18.0 Å². The number of rotatable bonds is 3. The maximum Gasteiger partial charge on any atom is 0.460 e. The van der Waals surface area contributed by atoms with E-state index in [2.05, 4.69) is 0 Å². The lowest BCUT2D eigenvalue weighted by Crippen LogP contribution is -2.57. The lowest BCUT2D eigenvalue weighted by molar-refractivity contribution is -0.343. The van der Waals surface area contributed by atoms with Crippen molar-refractivity contribution in [3.8, 4) is 0 Å². The molecule has 0 fully saturated rings. The van der Waals surface area contributed by atoms with E-state index in [0.717, 1.165) is 5.32 Å². The summed E-state index contributed by atoms with van der Waals surface area (Å²) in [5.74, 6) is -18.8. The summed E-state index contributed by atoms with van der Waals surface area (Å²) in [6.45, 7) is 0. The highest BCUT2D eigenvalue weighted by Crippen LogP contribution is 2.46. The number of halogens is 9. The van der Waals surface area contributed by atoms with Crippen LogP contribution >= 0.6 is 0 Å². The van der Waals surface area contributed by atoms with Crippen LogP contribution in [0.3, 0.4) is 0 Å². The van der Waals surface area contributed by atoms with E-state index in [1.807, 2.05) is 0 Å². The second-order valence-corrected chi connectivity index (χ2v) is 3.72. The maximum absolute atomic E-state index is 13.0. The van der Waals surface area contributed by atoms with Gasteiger partial charge in [0, 0.05) is 6.07 Å². The molecule has 0 aliphatic rings. The van der Waals surface area contributed by atoms with Gasteiger partial charge in [0.2, 0.25) is 0 Å². The summed E-state index contributed by atoms with van der Waals surface area (Å²) in [4.78, 5) is 10.9. The topological polar surface area (TPSA) is 29.1 Å². The quantitative estimate of drug-likeness (QED) is 0.843. The lowest BCUT2D eigenvalue weighted by Gasteiger charge is -2.27. The second-order valence-electron chi connectivity index (χ2n) is 3.72. The highest BCUT2D eigenvalue weighted by Gasteiger charge is 2.76. The van der Waals surface area contributed by atoms with E-state index in [9.17, 15) is 44.3 Å². The molecule has 1 aromatic carbocycles. The van der Waals surface area contributed by atoms with Gasteiger partial charge in [-0.3, -0.25) is 4.79 Å². The van der Waals surface area contributed by atoms with Crippen LogP contribution in [0.25, 0.3) is 0 Å². The largest absolute Gasteiger partial charge is 0.460 e. The second kappa shape index (κ2) is 5.11. The number of anilines is 1. The van der Waals surface area contributed by atoms with Crippen molar-refractivity contribution in [2.24, 2.45) is 0 Å². The zero-order chi connectivity index (χ0) is 16.6. The zero-order valence-corrected chi connectivity index (χ0v) is 9.54. The molecule has 21 heavy (non-hydrogen) atoms. The summed E-state index contributed by atoms with van der Waals surface area (Å²) >= 11 is 0. The van der Waals surface area contributed by atoms with Crippen molar-refractivity contribution >= 4 is 11.6 Å². The third kappa shape index (κ3) is 3.05. The molecule has 118 valence electrons. The van der Waals surface area contributed by atoms with Crippen molar-refractivity contribution < 1.29 is 44.3 Å². The van der Waals surface area contributed by atoms with Crippen molar-refractivity contribution in [2.75, 3.05) is 5.32 Å². The fraction of sp³-hybridized carbons (Fsp3) is 0.300. The molecule has 0 heterocycles. The number of alkyl halides is 7. The SMILES string of the molecule is O=C(Nc1ccc(F)cc1F)C(F)(F)C(F)(F)C(F)(F)F. The van der Waals surface area contributed by atoms with Crippen molar-refractivity contribution in [1.29, 1.82) is 0 Å². The standard InChI is InChI=1S/C10H4F9NO/c11-4-1-2-6(5(12)3-4)20-7(21)8(13,14)9(15,16)10(17,18)19/h1-3H,(H,20,21). The molecule has 0 aliphatic heterocycles. The van der Waals surface area contributed by atoms with Crippen LogP contribution in [0.4, 0.5) is 45.2 Å². The third-order valence-corrected chi connectivity index (χ3v) is 2.21. The van der Waals surface area contributed by atoms with Gasteiger partial charge in [-0.2, -0.15) is 30.7 Å². The molecule has 0 aliphatic carbocycles. The van der Waals surface area contributed by atoms with Crippen LogP contribution in [-0.4, -0.2) is 23.9 Å². The first kappa shape index (κ1) is 17.1. The fourth-order valence-corrected chi connectivity index (χ4v) is 1.11. The zero-order valence-electron chi connectivity index (χ0n) is 9.54. The van der Waals surface area contributed by atoms with E-state index in [1.54, 1.807) is 0 Å². The summed E-state index contributed by atoms with van der Waals surface area (Å²) in [7, 11) is 0. The Kier molecular flexibility index (Phi) is 4.17. The van der Waals surface area contributed by atoms with E-state index in [0.29, 0.717) is 12.1 Å². The van der Waals surface area contributed by atoms with E-state index in [1.165, 1.54) is 0 Å². The molecule has 0 aromatic heterocycles. The van der Waals surface area contributed by atoms with Gasteiger partial charge in [-0.1, -0.05) is 0 Å². The third-order valence-electron chi connectivity index (χ3n) is 2.21. The van der Waals surface area contributed by atoms with E-state index in [-0.39, 0.29) is 6.07 Å². The number of nitrogens with one attached hydrogen (secondary N) is 1. The predicted octanol–water partition coefficient (Wildman–Crippen LogP) is 3.74. The Bertz CT molecular complexity index is 552. The Labute approximate surface area is 110 Å². The van der Waals surface area contributed by atoms with Gasteiger partial charge >= 0.3 is 23.9 Å². The average Bonchev–Trinajstić information content (AvgIpc) is 2.30. The number of carbonyl (C=O) groups is 1. The molecule has 0 bridgehead atoms. The molecule has 0 atom stereocenters. The maximum atomic E-state index is 13.0. The van der Waals surface area contributed by atoms with Gasteiger partial charge in [0.1, 0.15) is 11.6 Å². The number of hydrogen-bond acceptors (Lipinski definition) is 1. The van der Waals surface area contributed by atoms with Crippen LogP contribution in [0.1, 0.15) is 0 Å². The lowest BCUT2D eigenvalue weighted by atomic mass is 10.1. The highest BCUT2D eigenvalue weighted by molar-refractivity contribution is 5.97. The van der Waals surface area contributed by atoms with Gasteiger partial charge in [-0.05, 0) is 12.1 Å². The molecule has 0 spiro atoms. The number of carbonyl (C=O) groups excluding carboxylic acids is 1. The summed E-state index contributed by atoms with van der Waals surface area (Å²) < 4.78 is 112. The van der Waals surface area contributed by atoms with E-state index < -0.39 is 41.3 Å². The van der Waals surface area contributed by atoms with Gasteiger partial charge in [-0.15, -0.1) is 0 Å². The fourth-order valence-electron chi connectivity index (χ4n) is 1.11. The van der Waals surface area contributed by atoms with Gasteiger partial charge in [0.25, 0.3) is 0 Å². The van der Waals surface area contributed by atoms with Crippen molar-refractivity contribution in [1.82, 2.24) is 0 Å². The molecular weight excluding hydrogens is 321 g/mol. The van der Waals surface area contributed by atoms with Crippen LogP contribution in [0.2, 0.25) is 0 Å². The normalized spacial score (nSPS) is 13.2. The number of benzene rings is 1. The molecule has 1 rings (SSSR count). The Morgan fingerprint density at radius 3 is 1.90 bits per heavy atom. The molecule has 1 amide bonds. The monoisotopic (exact) mass is 325 g/mol. The summed E-state index contributed by atoms with van der Waals surface area (Å²) in [5.41, 5.74) is -1.18. The molecule has 1 N–H and O–H groups in total. The molecule has 0 unspecified atom stereocenters. The van der Waals surface area contributed by atoms with Crippen molar-refractivity contribution in [3.05, 3.63) is 29.8 Å². The number of amides is 1. The van der Waals surface area contributed by atoms with Gasteiger partial charge in [0.05, 0.1) is 5.69 Å². The van der Waals surface area contributed by atoms with Crippen LogP contribution < -0.4 is 5.32 Å². The van der Waals surface area contributed by atoms with E-state index in [4.69, 9.17) is 0 Å².